The van der Waals surface area contributed by atoms with E-state index in [0.29, 0.717) is 6.61 Å². The third kappa shape index (κ3) is 2.72. The van der Waals surface area contributed by atoms with Crippen LogP contribution in [0, 0.1) is 0 Å². The number of rotatable bonds is 3. The molecule has 1 N–H and O–H groups in total. The Bertz CT molecular complexity index is 331. The number of fused-ring (bicyclic) bond motifs is 1. The fourth-order valence-electron chi connectivity index (χ4n) is 2.02. The van der Waals surface area contributed by atoms with Crippen LogP contribution in [0.1, 0.15) is 30.9 Å². The number of hydrogen-bond donors (Lipinski definition) is 1. The summed E-state index contributed by atoms with van der Waals surface area (Å²) in [4.78, 5) is 0. The van der Waals surface area contributed by atoms with Crippen molar-refractivity contribution in [3.05, 3.63) is 29.3 Å². The van der Waals surface area contributed by atoms with Gasteiger partial charge in [-0.2, -0.15) is 0 Å². The van der Waals surface area contributed by atoms with Gasteiger partial charge in [-0.15, -0.1) is 0 Å². The Labute approximate surface area is 90.9 Å². The molecule has 0 bridgehead atoms. The summed E-state index contributed by atoms with van der Waals surface area (Å²) in [6.45, 7) is 2.11. The van der Waals surface area contributed by atoms with Gasteiger partial charge < -0.3 is 9.84 Å². The Morgan fingerprint density at radius 1 is 1.27 bits per heavy atom. The van der Waals surface area contributed by atoms with Crippen LogP contribution in [0.25, 0.3) is 0 Å². The second kappa shape index (κ2) is 4.67. The molecule has 0 amide bonds. The zero-order chi connectivity index (χ0) is 10.7. The van der Waals surface area contributed by atoms with Gasteiger partial charge in [-0.1, -0.05) is 6.07 Å². The normalized spacial score (nSPS) is 16.9. The van der Waals surface area contributed by atoms with Crippen molar-refractivity contribution >= 4 is 0 Å². The van der Waals surface area contributed by atoms with Crippen molar-refractivity contribution in [2.45, 2.75) is 38.7 Å². The van der Waals surface area contributed by atoms with E-state index < -0.39 is 6.10 Å². The van der Waals surface area contributed by atoms with Gasteiger partial charge in [-0.05, 0) is 55.9 Å². The van der Waals surface area contributed by atoms with Gasteiger partial charge in [-0.3, -0.25) is 0 Å². The maximum atomic E-state index is 9.13. The predicted molar refractivity (Wildman–Crippen MR) is 60.3 cm³/mol. The molecule has 2 heteroatoms. The van der Waals surface area contributed by atoms with Crippen LogP contribution in [-0.2, 0) is 12.8 Å². The monoisotopic (exact) mass is 206 g/mol. The van der Waals surface area contributed by atoms with Crippen molar-refractivity contribution < 1.29 is 9.84 Å². The fraction of sp³-hybridized carbons (Fsp3) is 0.538. The lowest BCUT2D eigenvalue weighted by molar-refractivity contribution is 0.122. The highest BCUT2D eigenvalue weighted by Crippen LogP contribution is 2.25. The maximum absolute atomic E-state index is 9.13. The lowest BCUT2D eigenvalue weighted by Crippen LogP contribution is -2.13. The summed E-state index contributed by atoms with van der Waals surface area (Å²) in [6.07, 6.45) is 4.56. The predicted octanol–water partition coefficient (Wildman–Crippen LogP) is 2.33. The van der Waals surface area contributed by atoms with Crippen molar-refractivity contribution in [2.75, 3.05) is 6.61 Å². The minimum atomic E-state index is -0.402. The average Bonchev–Trinajstić information content (AvgIpc) is 2.26. The van der Waals surface area contributed by atoms with Crippen LogP contribution in [0.5, 0.6) is 5.75 Å². The standard InChI is InChI=1S/C13H18O2/c1-10(14)9-15-13-7-6-11-4-2-3-5-12(11)8-13/h6-8,10,14H,2-5,9H2,1H3/t10-/m0/s1. The zero-order valence-corrected chi connectivity index (χ0v) is 9.20. The second-order valence-corrected chi connectivity index (χ2v) is 4.30. The molecule has 0 unspecified atom stereocenters. The molecule has 1 aliphatic carbocycles. The van der Waals surface area contributed by atoms with Gasteiger partial charge in [0.25, 0.3) is 0 Å². The lowest BCUT2D eigenvalue weighted by Gasteiger charge is -2.17. The average molecular weight is 206 g/mol. The van der Waals surface area contributed by atoms with E-state index in [2.05, 4.69) is 12.1 Å². The van der Waals surface area contributed by atoms with Crippen LogP contribution in [-0.4, -0.2) is 17.8 Å². The highest BCUT2D eigenvalue weighted by Gasteiger charge is 2.09. The van der Waals surface area contributed by atoms with Crippen molar-refractivity contribution in [2.24, 2.45) is 0 Å². The highest BCUT2D eigenvalue weighted by molar-refractivity contribution is 5.37. The molecule has 0 fully saturated rings. The summed E-state index contributed by atoms with van der Waals surface area (Å²) in [7, 11) is 0. The quantitative estimate of drug-likeness (QED) is 0.822. The topological polar surface area (TPSA) is 29.5 Å². The SMILES string of the molecule is C[C@H](O)COc1ccc2c(c1)CCCC2. The van der Waals surface area contributed by atoms with Gasteiger partial charge in [0.2, 0.25) is 0 Å². The first kappa shape index (κ1) is 10.5. The second-order valence-electron chi connectivity index (χ2n) is 4.30. The number of benzene rings is 1. The molecule has 0 saturated carbocycles. The first-order chi connectivity index (χ1) is 7.25. The molecule has 1 aromatic carbocycles. The minimum Gasteiger partial charge on any atom is -0.491 e. The maximum Gasteiger partial charge on any atom is 0.119 e. The molecule has 15 heavy (non-hydrogen) atoms. The summed E-state index contributed by atoms with van der Waals surface area (Å²) in [6, 6.07) is 6.29. The van der Waals surface area contributed by atoms with Crippen molar-refractivity contribution in [3.63, 3.8) is 0 Å². The molecule has 0 heterocycles. The van der Waals surface area contributed by atoms with Crippen LogP contribution in [0.3, 0.4) is 0 Å². The Morgan fingerprint density at radius 3 is 2.73 bits per heavy atom. The van der Waals surface area contributed by atoms with Crippen molar-refractivity contribution in [1.82, 2.24) is 0 Å². The number of aryl methyl sites for hydroxylation is 2. The van der Waals surface area contributed by atoms with Crippen LogP contribution in [0.4, 0.5) is 0 Å². The van der Waals surface area contributed by atoms with Gasteiger partial charge in [-0.25, -0.2) is 0 Å². The fourth-order valence-corrected chi connectivity index (χ4v) is 2.02. The first-order valence-corrected chi connectivity index (χ1v) is 5.68. The molecule has 2 rings (SSSR count). The zero-order valence-electron chi connectivity index (χ0n) is 9.20. The molecule has 0 saturated heterocycles. The summed E-state index contributed by atoms with van der Waals surface area (Å²) in [5.41, 5.74) is 2.88. The molecule has 2 nitrogen and oxygen atoms in total. The molecule has 0 aliphatic heterocycles. The highest BCUT2D eigenvalue weighted by atomic mass is 16.5. The van der Waals surface area contributed by atoms with Crippen LogP contribution >= 0.6 is 0 Å². The van der Waals surface area contributed by atoms with Crippen molar-refractivity contribution in [3.8, 4) is 5.75 Å². The molecular formula is C13H18O2. The lowest BCUT2D eigenvalue weighted by atomic mass is 9.92. The van der Waals surface area contributed by atoms with Gasteiger partial charge in [0.1, 0.15) is 12.4 Å². The Kier molecular flexibility index (Phi) is 3.27. The van der Waals surface area contributed by atoms with E-state index in [1.807, 2.05) is 6.07 Å². The summed E-state index contributed by atoms with van der Waals surface area (Å²) in [5, 5.41) is 9.13. The van der Waals surface area contributed by atoms with Crippen LogP contribution in [0.2, 0.25) is 0 Å². The summed E-state index contributed by atoms with van der Waals surface area (Å²) >= 11 is 0. The van der Waals surface area contributed by atoms with Gasteiger partial charge in [0, 0.05) is 0 Å². The number of aliphatic hydroxyl groups excluding tert-OH is 1. The molecule has 0 aromatic heterocycles. The van der Waals surface area contributed by atoms with E-state index in [9.17, 15) is 0 Å². The summed E-state index contributed by atoms with van der Waals surface area (Å²) in [5.74, 6) is 0.886. The number of ether oxygens (including phenoxy) is 1. The van der Waals surface area contributed by atoms with E-state index in [0.717, 1.165) is 5.75 Å². The molecule has 0 radical (unpaired) electrons. The minimum absolute atomic E-state index is 0.374. The molecule has 1 aromatic rings. The Balaban J connectivity index is 2.07. The first-order valence-electron chi connectivity index (χ1n) is 5.68. The molecule has 1 atom stereocenters. The molecule has 0 spiro atoms. The molecule has 82 valence electrons. The van der Waals surface area contributed by atoms with Crippen LogP contribution < -0.4 is 4.74 Å². The largest absolute Gasteiger partial charge is 0.491 e. The Morgan fingerprint density at radius 2 is 2.00 bits per heavy atom. The van der Waals surface area contributed by atoms with E-state index in [4.69, 9.17) is 9.84 Å². The molecule has 1 aliphatic rings. The van der Waals surface area contributed by atoms with Crippen LogP contribution in [0.15, 0.2) is 18.2 Å². The number of aliphatic hydroxyl groups is 1. The van der Waals surface area contributed by atoms with Gasteiger partial charge >= 0.3 is 0 Å². The van der Waals surface area contributed by atoms with E-state index in [1.54, 1.807) is 6.92 Å². The third-order valence-electron chi connectivity index (χ3n) is 2.81. The summed E-state index contributed by atoms with van der Waals surface area (Å²) < 4.78 is 5.48. The Hall–Kier alpha value is -1.02. The molecular weight excluding hydrogens is 188 g/mol. The van der Waals surface area contributed by atoms with E-state index in [-0.39, 0.29) is 0 Å². The van der Waals surface area contributed by atoms with E-state index in [1.165, 1.54) is 36.8 Å². The number of hydrogen-bond acceptors (Lipinski definition) is 2. The van der Waals surface area contributed by atoms with Gasteiger partial charge in [0.05, 0.1) is 6.10 Å². The smallest absolute Gasteiger partial charge is 0.119 e. The van der Waals surface area contributed by atoms with Gasteiger partial charge in [0.15, 0.2) is 0 Å². The van der Waals surface area contributed by atoms with Crippen molar-refractivity contribution in [1.29, 1.82) is 0 Å². The third-order valence-corrected chi connectivity index (χ3v) is 2.81. The van der Waals surface area contributed by atoms with E-state index >= 15 is 0 Å².